The van der Waals surface area contributed by atoms with E-state index in [0.29, 0.717) is 15.6 Å². The first-order chi connectivity index (χ1) is 11.8. The van der Waals surface area contributed by atoms with Gasteiger partial charge in [-0.25, -0.2) is 4.39 Å². The molecule has 3 atom stereocenters. The number of rotatable bonds is 3. The van der Waals surface area contributed by atoms with Crippen LogP contribution in [0.3, 0.4) is 0 Å². The lowest BCUT2D eigenvalue weighted by atomic mass is 9.80. The zero-order valence-corrected chi connectivity index (χ0v) is 15.0. The molecule has 3 rings (SSSR count). The number of amides is 1. The van der Waals surface area contributed by atoms with Crippen LogP contribution < -0.4 is 5.32 Å². The highest BCUT2D eigenvalue weighted by molar-refractivity contribution is 6.35. The Labute approximate surface area is 155 Å². The van der Waals surface area contributed by atoms with Crippen LogP contribution in [0.15, 0.2) is 36.5 Å². The molecule has 1 aliphatic rings. The average Bonchev–Trinajstić information content (AvgIpc) is 2.58. The fourth-order valence-electron chi connectivity index (χ4n) is 3.10. The molecule has 2 N–H and O–H groups in total. The summed E-state index contributed by atoms with van der Waals surface area (Å²) in [5.41, 5.74) is -1.27. The predicted molar refractivity (Wildman–Crippen MR) is 94.2 cm³/mol. The zero-order valence-electron chi connectivity index (χ0n) is 13.5. The minimum Gasteiger partial charge on any atom is -0.387 e. The molecule has 1 amide bonds. The Hall–Kier alpha value is -1.69. The first kappa shape index (κ1) is 18.1. The molecule has 1 heterocycles. The molecule has 132 valence electrons. The molecular formula is C18H17Cl2FN2O2. The van der Waals surface area contributed by atoms with Crippen molar-refractivity contribution in [2.45, 2.75) is 37.6 Å². The average molecular weight is 383 g/mol. The van der Waals surface area contributed by atoms with Gasteiger partial charge in [0, 0.05) is 21.8 Å². The number of aliphatic hydroxyl groups is 1. The minimum atomic E-state index is -2.24. The molecule has 1 aromatic heterocycles. The van der Waals surface area contributed by atoms with Crippen LogP contribution in [-0.4, -0.2) is 16.0 Å². The van der Waals surface area contributed by atoms with Crippen LogP contribution in [0.25, 0.3) is 0 Å². The fraction of sp³-hybridized carbons (Fsp3) is 0.333. The number of carbonyl (C=O) groups is 1. The van der Waals surface area contributed by atoms with Gasteiger partial charge in [-0.15, -0.1) is 0 Å². The van der Waals surface area contributed by atoms with Crippen LogP contribution in [0.5, 0.6) is 0 Å². The largest absolute Gasteiger partial charge is 0.387 e. The van der Waals surface area contributed by atoms with Crippen molar-refractivity contribution in [2.75, 3.05) is 0 Å². The smallest absolute Gasteiger partial charge is 0.262 e. The first-order valence-electron chi connectivity index (χ1n) is 7.91. The third-order valence-corrected chi connectivity index (χ3v) is 5.04. The number of hydrogen-bond donors (Lipinski definition) is 2. The van der Waals surface area contributed by atoms with Crippen molar-refractivity contribution in [3.63, 3.8) is 0 Å². The topological polar surface area (TPSA) is 62.2 Å². The summed E-state index contributed by atoms with van der Waals surface area (Å²) in [6.07, 6.45) is 0.627. The van der Waals surface area contributed by atoms with Gasteiger partial charge in [-0.3, -0.25) is 9.78 Å². The van der Waals surface area contributed by atoms with Crippen LogP contribution in [-0.2, 0) is 10.5 Å². The number of nitrogens with one attached hydrogen (secondary N) is 1. The lowest BCUT2D eigenvalue weighted by Crippen LogP contribution is -2.45. The molecule has 4 nitrogen and oxygen atoms in total. The van der Waals surface area contributed by atoms with Gasteiger partial charge in [0.15, 0.2) is 0 Å². The molecule has 0 saturated carbocycles. The Morgan fingerprint density at radius 2 is 2.20 bits per heavy atom. The minimum absolute atomic E-state index is 0.111. The summed E-state index contributed by atoms with van der Waals surface area (Å²) in [6, 6.07) is 7.47. The maximum atomic E-state index is 15.6. The van der Waals surface area contributed by atoms with E-state index in [2.05, 4.69) is 10.3 Å². The van der Waals surface area contributed by atoms with Gasteiger partial charge in [-0.2, -0.15) is 0 Å². The van der Waals surface area contributed by atoms with Gasteiger partial charge in [0.05, 0.1) is 17.8 Å². The van der Waals surface area contributed by atoms with Crippen molar-refractivity contribution < 1.29 is 14.3 Å². The van der Waals surface area contributed by atoms with Gasteiger partial charge >= 0.3 is 0 Å². The normalized spacial score (nSPS) is 23.6. The number of pyridine rings is 1. The van der Waals surface area contributed by atoms with E-state index in [1.54, 1.807) is 31.2 Å². The number of fused-ring (bicyclic) bond motifs is 1. The van der Waals surface area contributed by atoms with Crippen molar-refractivity contribution in [3.8, 4) is 0 Å². The number of nitrogens with zero attached hydrogens (tertiary/aromatic N) is 1. The lowest BCUT2D eigenvalue weighted by molar-refractivity contribution is -0.136. The molecular weight excluding hydrogens is 366 g/mol. The van der Waals surface area contributed by atoms with E-state index in [-0.39, 0.29) is 24.1 Å². The van der Waals surface area contributed by atoms with Crippen LogP contribution in [0, 0.1) is 0 Å². The fourth-order valence-corrected chi connectivity index (χ4v) is 3.67. The third-order valence-electron chi connectivity index (χ3n) is 4.48. The monoisotopic (exact) mass is 382 g/mol. The molecule has 25 heavy (non-hydrogen) atoms. The van der Waals surface area contributed by atoms with E-state index < -0.39 is 23.7 Å². The summed E-state index contributed by atoms with van der Waals surface area (Å²) >= 11 is 12.0. The number of benzene rings is 1. The summed E-state index contributed by atoms with van der Waals surface area (Å²) in [5.74, 6) is -0.771. The number of aliphatic hydroxyl groups excluding tert-OH is 1. The van der Waals surface area contributed by atoms with E-state index in [0.717, 1.165) is 0 Å². The predicted octanol–water partition coefficient (Wildman–Crippen LogP) is 4.26. The lowest BCUT2D eigenvalue weighted by Gasteiger charge is -2.33. The van der Waals surface area contributed by atoms with Gasteiger partial charge in [0.2, 0.25) is 5.67 Å². The second-order valence-electron chi connectivity index (χ2n) is 6.15. The molecule has 0 radical (unpaired) electrons. The first-order valence-corrected chi connectivity index (χ1v) is 8.67. The molecule has 1 unspecified atom stereocenters. The van der Waals surface area contributed by atoms with Crippen LogP contribution >= 0.6 is 23.2 Å². The van der Waals surface area contributed by atoms with Crippen molar-refractivity contribution in [1.29, 1.82) is 0 Å². The second kappa shape index (κ2) is 6.90. The highest BCUT2D eigenvalue weighted by atomic mass is 35.5. The van der Waals surface area contributed by atoms with Crippen molar-refractivity contribution in [2.24, 2.45) is 0 Å². The van der Waals surface area contributed by atoms with E-state index in [1.807, 2.05) is 0 Å². The van der Waals surface area contributed by atoms with E-state index in [4.69, 9.17) is 23.2 Å². The number of carbonyl (C=O) groups excluding carboxylic acids is 1. The Morgan fingerprint density at radius 1 is 1.44 bits per heavy atom. The number of aromatic nitrogens is 1. The van der Waals surface area contributed by atoms with Gasteiger partial charge in [0.25, 0.3) is 5.91 Å². The molecule has 0 aliphatic heterocycles. The Balaban J connectivity index is 1.87. The van der Waals surface area contributed by atoms with Gasteiger partial charge in [-0.1, -0.05) is 35.3 Å². The van der Waals surface area contributed by atoms with E-state index in [1.165, 1.54) is 12.3 Å². The molecule has 0 spiro atoms. The van der Waals surface area contributed by atoms with Gasteiger partial charge < -0.3 is 10.4 Å². The SMILES string of the molecule is CC(NC(=O)[C@]1(F)CC[C@@H](O)c2ncccc21)c1ccc(Cl)cc1Cl. The maximum Gasteiger partial charge on any atom is 0.262 e. The summed E-state index contributed by atoms with van der Waals surface area (Å²) in [4.78, 5) is 16.7. The Kier molecular flexibility index (Phi) is 5.00. The van der Waals surface area contributed by atoms with E-state index in [9.17, 15) is 9.90 Å². The van der Waals surface area contributed by atoms with Crippen molar-refractivity contribution in [3.05, 3.63) is 63.4 Å². The van der Waals surface area contributed by atoms with Crippen LogP contribution in [0.1, 0.15) is 48.7 Å². The van der Waals surface area contributed by atoms with Gasteiger partial charge in [-0.05, 0) is 43.5 Å². The third kappa shape index (κ3) is 3.36. The zero-order chi connectivity index (χ0) is 18.2. The summed E-state index contributed by atoms with van der Waals surface area (Å²) in [7, 11) is 0. The quantitative estimate of drug-likeness (QED) is 0.833. The molecule has 1 aliphatic carbocycles. The number of alkyl halides is 1. The molecule has 0 bridgehead atoms. The van der Waals surface area contributed by atoms with Crippen molar-refractivity contribution in [1.82, 2.24) is 10.3 Å². The molecule has 7 heteroatoms. The highest BCUT2D eigenvalue weighted by Crippen LogP contribution is 2.42. The standard InChI is InChI=1S/C18H17Cl2FN2O2/c1-10(12-5-4-11(19)9-14(12)20)23-17(25)18(21)7-6-15(24)16-13(18)3-2-8-22-16/h2-5,8-10,15,24H,6-7H2,1H3,(H,23,25)/t10?,15-,18+/m1/s1. The van der Waals surface area contributed by atoms with E-state index >= 15 is 4.39 Å². The van der Waals surface area contributed by atoms with Crippen molar-refractivity contribution >= 4 is 29.1 Å². The summed E-state index contributed by atoms with van der Waals surface area (Å²) in [5, 5.41) is 13.6. The highest BCUT2D eigenvalue weighted by Gasteiger charge is 2.47. The maximum absolute atomic E-state index is 15.6. The molecule has 1 aromatic carbocycles. The Morgan fingerprint density at radius 3 is 2.92 bits per heavy atom. The number of halogens is 3. The summed E-state index contributed by atoms with van der Waals surface area (Å²) in [6.45, 7) is 1.72. The molecule has 0 saturated heterocycles. The number of hydrogen-bond acceptors (Lipinski definition) is 3. The van der Waals surface area contributed by atoms with Crippen LogP contribution in [0.2, 0.25) is 10.0 Å². The van der Waals surface area contributed by atoms with Gasteiger partial charge in [0.1, 0.15) is 0 Å². The second-order valence-corrected chi connectivity index (χ2v) is 7.00. The Bertz CT molecular complexity index is 817. The molecule has 0 fully saturated rings. The molecule has 2 aromatic rings. The van der Waals surface area contributed by atoms with Crippen LogP contribution in [0.4, 0.5) is 4.39 Å². The summed E-state index contributed by atoms with van der Waals surface area (Å²) < 4.78 is 15.6.